The summed E-state index contributed by atoms with van der Waals surface area (Å²) in [5.74, 6) is 3.02. The molecule has 2 aromatic rings. The first-order valence-corrected chi connectivity index (χ1v) is 11.7. The Morgan fingerprint density at radius 3 is 2.28 bits per heavy atom. The number of nitrogens with zero attached hydrogens (tertiary/aromatic N) is 2. The zero-order valence-corrected chi connectivity index (χ0v) is 21.3. The van der Waals surface area contributed by atoms with Gasteiger partial charge in [-0.15, -0.1) is 0 Å². The van der Waals surface area contributed by atoms with Crippen molar-refractivity contribution in [3.05, 3.63) is 75.9 Å². The van der Waals surface area contributed by atoms with Gasteiger partial charge in [0.05, 0.1) is 34.4 Å². The summed E-state index contributed by atoms with van der Waals surface area (Å²) in [4.78, 5) is 2.30. The van der Waals surface area contributed by atoms with Gasteiger partial charge in [0.15, 0.2) is 0 Å². The van der Waals surface area contributed by atoms with Crippen LogP contribution in [0, 0.1) is 11.3 Å². The van der Waals surface area contributed by atoms with Crippen molar-refractivity contribution in [3.63, 3.8) is 0 Å². The van der Waals surface area contributed by atoms with Gasteiger partial charge in [-0.2, -0.15) is 5.26 Å². The van der Waals surface area contributed by atoms with E-state index in [1.165, 1.54) is 0 Å². The zero-order valence-electron chi connectivity index (χ0n) is 21.3. The van der Waals surface area contributed by atoms with Crippen molar-refractivity contribution in [1.82, 2.24) is 4.90 Å². The Kier molecular flexibility index (Phi) is 7.41. The third kappa shape index (κ3) is 4.58. The van der Waals surface area contributed by atoms with Crippen molar-refractivity contribution < 1.29 is 23.7 Å². The van der Waals surface area contributed by atoms with Gasteiger partial charge in [-0.3, -0.25) is 4.90 Å². The smallest absolute Gasteiger partial charge is 0.205 e. The summed E-state index contributed by atoms with van der Waals surface area (Å²) < 4.78 is 28.2. The molecular weight excluding hydrogens is 458 g/mol. The van der Waals surface area contributed by atoms with E-state index < -0.39 is 5.92 Å². The predicted octanol–water partition coefficient (Wildman–Crippen LogP) is 4.20. The zero-order chi connectivity index (χ0) is 25.8. The standard InChI is InChI=1S/C28H31N3O5/c1-6-31-15-18(11-17-7-8-19(32-2)12-24(17)34-4)27-23(16-31)26(22(14-29)28(30)36-27)21-10-9-20(33-3)13-25(21)35-5/h7-13,26H,6,15-16,30H2,1-5H3/b18-11+. The lowest BCUT2D eigenvalue weighted by molar-refractivity contribution is 0.238. The molecule has 0 radical (unpaired) electrons. The molecular formula is C28H31N3O5. The molecule has 4 rings (SSSR count). The van der Waals surface area contributed by atoms with Gasteiger partial charge >= 0.3 is 0 Å². The largest absolute Gasteiger partial charge is 0.497 e. The van der Waals surface area contributed by atoms with Gasteiger partial charge in [-0.1, -0.05) is 13.0 Å². The maximum absolute atomic E-state index is 10.1. The van der Waals surface area contributed by atoms with Crippen LogP contribution in [0.2, 0.25) is 0 Å². The summed E-state index contributed by atoms with van der Waals surface area (Å²) in [6.07, 6.45) is 2.04. The maximum atomic E-state index is 10.1. The first-order valence-electron chi connectivity index (χ1n) is 11.7. The summed E-state index contributed by atoms with van der Waals surface area (Å²) in [7, 11) is 6.46. The molecule has 0 spiro atoms. The molecule has 2 heterocycles. The van der Waals surface area contributed by atoms with Gasteiger partial charge in [-0.25, -0.2) is 0 Å². The molecule has 0 fully saturated rings. The second-order valence-corrected chi connectivity index (χ2v) is 8.47. The lowest BCUT2D eigenvalue weighted by Gasteiger charge is -2.38. The van der Waals surface area contributed by atoms with Crippen molar-refractivity contribution in [1.29, 1.82) is 5.26 Å². The molecule has 2 aromatic carbocycles. The topological polar surface area (TPSA) is 99.2 Å². The molecule has 2 aliphatic rings. The highest BCUT2D eigenvalue weighted by molar-refractivity contribution is 5.67. The van der Waals surface area contributed by atoms with Gasteiger partial charge in [0.25, 0.3) is 0 Å². The molecule has 0 saturated heterocycles. The lowest BCUT2D eigenvalue weighted by atomic mass is 9.79. The lowest BCUT2D eigenvalue weighted by Crippen LogP contribution is -2.38. The van der Waals surface area contributed by atoms with E-state index in [4.69, 9.17) is 29.4 Å². The number of methoxy groups -OCH3 is 4. The Morgan fingerprint density at radius 1 is 1.00 bits per heavy atom. The average molecular weight is 490 g/mol. The highest BCUT2D eigenvalue weighted by Crippen LogP contribution is 2.47. The number of rotatable bonds is 7. The van der Waals surface area contributed by atoms with Crippen LogP contribution in [0.15, 0.2) is 64.8 Å². The minimum absolute atomic E-state index is 0.0941. The van der Waals surface area contributed by atoms with E-state index >= 15 is 0 Å². The van der Waals surface area contributed by atoms with Crippen molar-refractivity contribution in [3.8, 4) is 29.1 Å². The number of nitrogens with two attached hydrogens (primary N) is 1. The second kappa shape index (κ2) is 10.7. The SMILES string of the molecule is CCN1CC2=C(OC(N)=C(C#N)C2c2ccc(OC)cc2OC)/C(=C/c2ccc(OC)cc2OC)C1. The first-order chi connectivity index (χ1) is 17.5. The van der Waals surface area contributed by atoms with Crippen molar-refractivity contribution in [2.45, 2.75) is 12.8 Å². The summed E-state index contributed by atoms with van der Waals surface area (Å²) in [6, 6.07) is 13.6. The minimum Gasteiger partial charge on any atom is -0.497 e. The van der Waals surface area contributed by atoms with Crippen LogP contribution < -0.4 is 24.7 Å². The summed E-state index contributed by atoms with van der Waals surface area (Å²) in [5.41, 5.74) is 10.3. The molecule has 36 heavy (non-hydrogen) atoms. The van der Waals surface area contributed by atoms with Crippen LogP contribution in [0.4, 0.5) is 0 Å². The third-order valence-corrected chi connectivity index (χ3v) is 6.58. The number of benzene rings is 2. The highest BCUT2D eigenvalue weighted by atomic mass is 16.5. The van der Waals surface area contributed by atoms with Gasteiger partial charge in [-0.05, 0) is 36.4 Å². The fraction of sp³-hybridized carbons (Fsp3) is 0.321. The summed E-state index contributed by atoms with van der Waals surface area (Å²) in [5, 5.41) is 10.1. The molecule has 2 aliphatic heterocycles. The van der Waals surface area contributed by atoms with Crippen molar-refractivity contribution in [2.24, 2.45) is 5.73 Å². The Labute approximate surface area is 211 Å². The van der Waals surface area contributed by atoms with E-state index in [1.54, 1.807) is 28.4 Å². The number of allylic oxidation sites excluding steroid dienone is 1. The quantitative estimate of drug-likeness (QED) is 0.618. The van der Waals surface area contributed by atoms with E-state index in [2.05, 4.69) is 17.9 Å². The van der Waals surface area contributed by atoms with E-state index in [0.717, 1.165) is 28.8 Å². The normalized spacial score (nSPS) is 18.9. The van der Waals surface area contributed by atoms with E-state index in [-0.39, 0.29) is 5.88 Å². The molecule has 188 valence electrons. The molecule has 2 N–H and O–H groups in total. The Bertz CT molecular complexity index is 1290. The first kappa shape index (κ1) is 25.0. The van der Waals surface area contributed by atoms with Crippen LogP contribution in [0.3, 0.4) is 0 Å². The number of hydrogen-bond acceptors (Lipinski definition) is 8. The minimum atomic E-state index is -0.421. The number of hydrogen-bond donors (Lipinski definition) is 1. The van der Waals surface area contributed by atoms with Gasteiger partial charge < -0.3 is 29.4 Å². The Balaban J connectivity index is 1.91. The second-order valence-electron chi connectivity index (χ2n) is 8.47. The molecule has 0 aliphatic carbocycles. The van der Waals surface area contributed by atoms with Crippen molar-refractivity contribution >= 4 is 6.08 Å². The van der Waals surface area contributed by atoms with Crippen LogP contribution in [0.1, 0.15) is 24.0 Å². The molecule has 0 amide bonds. The van der Waals surface area contributed by atoms with E-state index in [0.29, 0.717) is 47.4 Å². The van der Waals surface area contributed by atoms with Crippen LogP contribution in [0.25, 0.3) is 6.08 Å². The Hall–Kier alpha value is -4.09. The van der Waals surface area contributed by atoms with Gasteiger partial charge in [0.2, 0.25) is 5.88 Å². The molecule has 1 atom stereocenters. The van der Waals surface area contributed by atoms with Crippen molar-refractivity contribution in [2.75, 3.05) is 48.1 Å². The van der Waals surface area contributed by atoms with Crippen LogP contribution >= 0.6 is 0 Å². The highest BCUT2D eigenvalue weighted by Gasteiger charge is 2.38. The molecule has 0 saturated carbocycles. The number of nitriles is 1. The van der Waals surface area contributed by atoms with Crippen LogP contribution in [-0.4, -0.2) is 53.0 Å². The predicted molar refractivity (Wildman–Crippen MR) is 137 cm³/mol. The fourth-order valence-corrected chi connectivity index (χ4v) is 4.70. The average Bonchev–Trinajstić information content (AvgIpc) is 2.92. The van der Waals surface area contributed by atoms with E-state index in [1.807, 2.05) is 42.5 Å². The molecule has 0 bridgehead atoms. The molecule has 8 heteroatoms. The molecule has 8 nitrogen and oxygen atoms in total. The fourth-order valence-electron chi connectivity index (χ4n) is 4.70. The molecule has 1 unspecified atom stereocenters. The Morgan fingerprint density at radius 2 is 1.67 bits per heavy atom. The third-order valence-electron chi connectivity index (χ3n) is 6.58. The number of ether oxygens (including phenoxy) is 5. The van der Waals surface area contributed by atoms with Crippen LogP contribution in [0.5, 0.6) is 23.0 Å². The molecule has 0 aromatic heterocycles. The monoisotopic (exact) mass is 489 g/mol. The van der Waals surface area contributed by atoms with Crippen LogP contribution in [-0.2, 0) is 4.74 Å². The van der Waals surface area contributed by atoms with E-state index in [9.17, 15) is 5.26 Å². The maximum Gasteiger partial charge on any atom is 0.205 e. The van der Waals surface area contributed by atoms with Gasteiger partial charge in [0.1, 0.15) is 40.4 Å². The number of likely N-dealkylation sites (N-methyl/N-ethyl adjacent to an activating group) is 1. The van der Waals surface area contributed by atoms with Gasteiger partial charge in [0, 0.05) is 41.9 Å². The summed E-state index contributed by atoms with van der Waals surface area (Å²) in [6.45, 7) is 4.22. The summed E-state index contributed by atoms with van der Waals surface area (Å²) >= 11 is 0.